The number of aliphatic hydroxyl groups excluding tert-OH is 1. The second kappa shape index (κ2) is 5.04. The van der Waals surface area contributed by atoms with Gasteiger partial charge in [-0.05, 0) is 49.1 Å². The molecule has 0 bridgehead atoms. The molecule has 2 aliphatic carbocycles. The van der Waals surface area contributed by atoms with E-state index in [1.807, 2.05) is 0 Å². The van der Waals surface area contributed by atoms with Crippen molar-refractivity contribution < 1.29 is 9.50 Å². The van der Waals surface area contributed by atoms with E-state index in [0.717, 1.165) is 24.7 Å². The molecule has 0 heterocycles. The van der Waals surface area contributed by atoms with Gasteiger partial charge < -0.3 is 10.8 Å². The summed E-state index contributed by atoms with van der Waals surface area (Å²) < 4.78 is 14.0. The van der Waals surface area contributed by atoms with E-state index < -0.39 is 12.0 Å². The molecule has 1 aromatic carbocycles. The first-order chi connectivity index (χ1) is 9.11. The summed E-state index contributed by atoms with van der Waals surface area (Å²) in [5.41, 5.74) is 6.15. The van der Waals surface area contributed by atoms with Gasteiger partial charge in [0, 0.05) is 23.0 Å². The lowest BCUT2D eigenvalue weighted by Gasteiger charge is -2.28. The molecule has 2 saturated carbocycles. The summed E-state index contributed by atoms with van der Waals surface area (Å²) in [6, 6.07) is 4.61. The molecular formula is C15H19ClFNO. The number of nitrogens with two attached hydrogens (primary N) is 1. The molecule has 2 aliphatic rings. The van der Waals surface area contributed by atoms with Crippen molar-refractivity contribution in [3.05, 3.63) is 34.6 Å². The molecule has 0 spiro atoms. The largest absolute Gasteiger partial charge is 0.392 e. The predicted molar refractivity (Wildman–Crippen MR) is 73.5 cm³/mol. The second-order valence-electron chi connectivity index (χ2n) is 5.96. The van der Waals surface area contributed by atoms with Crippen LogP contribution in [0.2, 0.25) is 5.02 Å². The Morgan fingerprint density at radius 2 is 2.00 bits per heavy atom. The Morgan fingerprint density at radius 1 is 1.32 bits per heavy atom. The summed E-state index contributed by atoms with van der Waals surface area (Å²) in [5, 5.41) is 10.9. The standard InChI is InChI=1S/C15H19ClFNO/c16-12-2-1-3-13(17)14(12)11(7-18)15(19)10-5-8-4-9(8)6-10/h1-3,8-11,15,19H,4-7,18H2. The predicted octanol–water partition coefficient (Wildman–Crippen LogP) is 2.93. The fourth-order valence-corrected chi connectivity index (χ4v) is 3.97. The van der Waals surface area contributed by atoms with Crippen molar-refractivity contribution in [2.75, 3.05) is 6.54 Å². The van der Waals surface area contributed by atoms with E-state index >= 15 is 0 Å². The topological polar surface area (TPSA) is 46.2 Å². The van der Waals surface area contributed by atoms with Crippen molar-refractivity contribution in [1.29, 1.82) is 0 Å². The summed E-state index contributed by atoms with van der Waals surface area (Å²) in [6.07, 6.45) is 2.81. The van der Waals surface area contributed by atoms with Crippen molar-refractivity contribution in [2.45, 2.75) is 31.3 Å². The molecule has 2 nitrogen and oxygen atoms in total. The van der Waals surface area contributed by atoms with Gasteiger partial charge in [-0.25, -0.2) is 4.39 Å². The third-order valence-electron chi connectivity index (χ3n) is 4.80. The molecule has 4 atom stereocenters. The van der Waals surface area contributed by atoms with E-state index in [1.165, 1.54) is 12.5 Å². The lowest BCUT2D eigenvalue weighted by molar-refractivity contribution is 0.0779. The van der Waals surface area contributed by atoms with Crippen molar-refractivity contribution in [3.8, 4) is 0 Å². The zero-order valence-electron chi connectivity index (χ0n) is 10.7. The van der Waals surface area contributed by atoms with E-state index in [0.29, 0.717) is 10.6 Å². The van der Waals surface area contributed by atoms with E-state index in [2.05, 4.69) is 0 Å². The van der Waals surface area contributed by atoms with Crippen LogP contribution in [0, 0.1) is 23.6 Å². The second-order valence-corrected chi connectivity index (χ2v) is 6.36. The molecule has 2 fully saturated rings. The molecular weight excluding hydrogens is 265 g/mol. The van der Waals surface area contributed by atoms with Gasteiger partial charge >= 0.3 is 0 Å². The fourth-order valence-electron chi connectivity index (χ4n) is 3.66. The summed E-state index contributed by atoms with van der Waals surface area (Å²) >= 11 is 6.08. The number of hydrogen-bond donors (Lipinski definition) is 2. The fraction of sp³-hybridized carbons (Fsp3) is 0.600. The van der Waals surface area contributed by atoms with Gasteiger partial charge in [0.2, 0.25) is 0 Å². The highest BCUT2D eigenvalue weighted by Gasteiger charge is 2.49. The van der Waals surface area contributed by atoms with E-state index in [1.54, 1.807) is 12.1 Å². The van der Waals surface area contributed by atoms with Crippen LogP contribution in [0.1, 0.15) is 30.7 Å². The van der Waals surface area contributed by atoms with Gasteiger partial charge in [-0.3, -0.25) is 0 Å². The lowest BCUT2D eigenvalue weighted by Crippen LogP contribution is -2.32. The maximum absolute atomic E-state index is 14.0. The third kappa shape index (κ3) is 2.39. The molecule has 0 aliphatic heterocycles. The van der Waals surface area contributed by atoms with Crippen LogP contribution in [-0.4, -0.2) is 17.8 Å². The molecule has 3 N–H and O–H groups in total. The average Bonchev–Trinajstić information content (AvgIpc) is 3.00. The number of benzene rings is 1. The highest BCUT2D eigenvalue weighted by atomic mass is 35.5. The van der Waals surface area contributed by atoms with Crippen LogP contribution in [0.3, 0.4) is 0 Å². The van der Waals surface area contributed by atoms with Gasteiger partial charge in [0.1, 0.15) is 5.82 Å². The summed E-state index contributed by atoms with van der Waals surface area (Å²) in [6.45, 7) is 0.216. The molecule has 0 aromatic heterocycles. The molecule has 19 heavy (non-hydrogen) atoms. The van der Waals surface area contributed by atoms with Crippen molar-refractivity contribution in [3.63, 3.8) is 0 Å². The first kappa shape index (κ1) is 13.3. The molecule has 0 radical (unpaired) electrons. The van der Waals surface area contributed by atoms with Gasteiger partial charge in [-0.1, -0.05) is 17.7 Å². The van der Waals surface area contributed by atoms with Crippen LogP contribution in [0.5, 0.6) is 0 Å². The van der Waals surface area contributed by atoms with E-state index in [9.17, 15) is 9.50 Å². The normalized spacial score (nSPS) is 31.9. The maximum atomic E-state index is 14.0. The molecule has 3 rings (SSSR count). The Balaban J connectivity index is 1.83. The summed E-state index contributed by atoms with van der Waals surface area (Å²) in [7, 11) is 0. The van der Waals surface area contributed by atoms with Gasteiger partial charge in [-0.2, -0.15) is 0 Å². The Morgan fingerprint density at radius 3 is 2.58 bits per heavy atom. The van der Waals surface area contributed by atoms with E-state index in [-0.39, 0.29) is 18.3 Å². The molecule has 104 valence electrons. The van der Waals surface area contributed by atoms with Gasteiger partial charge in [0.25, 0.3) is 0 Å². The number of hydrogen-bond acceptors (Lipinski definition) is 2. The number of halogens is 2. The Kier molecular flexibility index (Phi) is 3.54. The van der Waals surface area contributed by atoms with Crippen LogP contribution in [0.25, 0.3) is 0 Å². The third-order valence-corrected chi connectivity index (χ3v) is 5.13. The van der Waals surface area contributed by atoms with Crippen LogP contribution >= 0.6 is 11.6 Å². The maximum Gasteiger partial charge on any atom is 0.128 e. The zero-order valence-corrected chi connectivity index (χ0v) is 11.5. The van der Waals surface area contributed by atoms with Gasteiger partial charge in [-0.15, -0.1) is 0 Å². The Bertz CT molecular complexity index is 451. The lowest BCUT2D eigenvalue weighted by atomic mass is 9.83. The number of aliphatic hydroxyl groups is 1. The average molecular weight is 284 g/mol. The quantitative estimate of drug-likeness (QED) is 0.892. The molecule has 4 heteroatoms. The van der Waals surface area contributed by atoms with Crippen molar-refractivity contribution in [2.24, 2.45) is 23.5 Å². The van der Waals surface area contributed by atoms with Gasteiger partial charge in [0.15, 0.2) is 0 Å². The highest BCUT2D eigenvalue weighted by molar-refractivity contribution is 6.31. The van der Waals surface area contributed by atoms with Crippen LogP contribution in [0.4, 0.5) is 4.39 Å². The SMILES string of the molecule is NCC(c1c(F)cccc1Cl)C(O)C1CC2CC2C1. The minimum absolute atomic E-state index is 0.216. The molecule has 4 unspecified atom stereocenters. The van der Waals surface area contributed by atoms with E-state index in [4.69, 9.17) is 17.3 Å². The van der Waals surface area contributed by atoms with Crippen molar-refractivity contribution >= 4 is 11.6 Å². The smallest absolute Gasteiger partial charge is 0.128 e. The minimum atomic E-state index is -0.591. The Hall–Kier alpha value is -0.640. The monoisotopic (exact) mass is 283 g/mol. The number of fused-ring (bicyclic) bond motifs is 1. The molecule has 0 saturated heterocycles. The minimum Gasteiger partial charge on any atom is -0.392 e. The van der Waals surface area contributed by atoms with Crippen LogP contribution in [0.15, 0.2) is 18.2 Å². The van der Waals surface area contributed by atoms with Crippen LogP contribution < -0.4 is 5.73 Å². The first-order valence-corrected chi connectivity index (χ1v) is 7.31. The summed E-state index contributed by atoms with van der Waals surface area (Å²) in [4.78, 5) is 0. The van der Waals surface area contributed by atoms with Gasteiger partial charge in [0.05, 0.1) is 6.10 Å². The Labute approximate surface area is 117 Å². The van der Waals surface area contributed by atoms with Crippen LogP contribution in [-0.2, 0) is 0 Å². The first-order valence-electron chi connectivity index (χ1n) is 6.93. The zero-order chi connectivity index (χ0) is 13.6. The highest BCUT2D eigenvalue weighted by Crippen LogP contribution is 2.56. The number of rotatable bonds is 4. The molecule has 0 amide bonds. The summed E-state index contributed by atoms with van der Waals surface area (Å²) in [5.74, 6) is 1.04. The van der Waals surface area contributed by atoms with Crippen molar-refractivity contribution in [1.82, 2.24) is 0 Å². The molecule has 1 aromatic rings.